The molecule has 0 saturated heterocycles. The fourth-order valence-corrected chi connectivity index (χ4v) is 10.6. The van der Waals surface area contributed by atoms with Gasteiger partial charge in [0.25, 0.3) is 0 Å². The van der Waals surface area contributed by atoms with Gasteiger partial charge < -0.3 is 15.0 Å². The third-order valence-corrected chi connectivity index (χ3v) is 14.6. The third-order valence-electron chi connectivity index (χ3n) is 14.6. The van der Waals surface area contributed by atoms with Crippen LogP contribution in [0.1, 0.15) is 101 Å². The topological polar surface area (TPSA) is 38.7 Å². The summed E-state index contributed by atoms with van der Waals surface area (Å²) in [6.45, 7) is 20.4. The second kappa shape index (κ2) is 24.3. The Labute approximate surface area is 485 Å². The molecule has 0 aliphatic carbocycles. The van der Waals surface area contributed by atoms with Gasteiger partial charge >= 0.3 is 20.1 Å². The first-order valence-electron chi connectivity index (χ1n) is 27.8. The predicted molar refractivity (Wildman–Crippen MR) is 327 cm³/mol. The maximum Gasteiger partial charge on any atom is 3.00 e. The zero-order valence-corrected chi connectivity index (χ0v) is 49.9. The average Bonchev–Trinajstić information content (AvgIpc) is 3.47. The summed E-state index contributed by atoms with van der Waals surface area (Å²) in [6, 6.07) is 77.5. The molecule has 0 saturated carbocycles. The molecular weight excluding hydrogens is 1140 g/mol. The molecule has 7 aromatic carbocycles. The van der Waals surface area contributed by atoms with Gasteiger partial charge in [-0.05, 0) is 122 Å². The van der Waals surface area contributed by atoms with E-state index in [1.54, 1.807) is 0 Å². The smallest absolute Gasteiger partial charge is 0.305 e. The predicted octanol–water partition coefficient (Wildman–Crippen LogP) is 19.0. The molecule has 396 valence electrons. The minimum Gasteiger partial charge on any atom is -0.305 e. The molecule has 0 spiro atoms. The largest absolute Gasteiger partial charge is 3.00 e. The molecule has 3 heterocycles. The van der Waals surface area contributed by atoms with Crippen LogP contribution in [0.3, 0.4) is 0 Å². The van der Waals surface area contributed by atoms with Gasteiger partial charge in [0.2, 0.25) is 0 Å². The van der Waals surface area contributed by atoms with Crippen molar-refractivity contribution >= 4 is 0 Å². The molecule has 0 aliphatic heterocycles. The van der Waals surface area contributed by atoms with E-state index in [1.807, 2.05) is 18.6 Å². The van der Waals surface area contributed by atoms with Crippen LogP contribution in [0.4, 0.5) is 0 Å². The molecule has 0 atom stereocenters. The van der Waals surface area contributed by atoms with E-state index < -0.39 is 0 Å². The fourth-order valence-electron chi connectivity index (χ4n) is 10.6. The first-order valence-corrected chi connectivity index (χ1v) is 27.8. The summed E-state index contributed by atoms with van der Waals surface area (Å²) in [5.74, 6) is 0. The molecule has 79 heavy (non-hydrogen) atoms. The first-order chi connectivity index (χ1) is 37.5. The van der Waals surface area contributed by atoms with Crippen molar-refractivity contribution in [3.8, 4) is 78.3 Å². The molecule has 0 N–H and O–H groups in total. The summed E-state index contributed by atoms with van der Waals surface area (Å²) in [7, 11) is 0. The minimum absolute atomic E-state index is 0. The van der Waals surface area contributed by atoms with Crippen LogP contribution in [0, 0.1) is 29.0 Å². The Hall–Kier alpha value is -7.36. The van der Waals surface area contributed by atoms with Gasteiger partial charge in [-0.3, -0.25) is 0 Å². The van der Waals surface area contributed by atoms with Crippen LogP contribution < -0.4 is 0 Å². The van der Waals surface area contributed by atoms with Crippen LogP contribution >= 0.6 is 0 Å². The molecule has 4 heteroatoms. The van der Waals surface area contributed by atoms with Crippen molar-refractivity contribution in [3.63, 3.8) is 0 Å². The SMILES string of the molecule is CC(C)(C)Cc1ccnc(-c2[c-]cc(CCc3cc(CCc4c[c-]c(-c5cc(CC(C)(C)C)ccn5)cc4)cc(-c4ccccc4-c4c[c-]c(-c5cc(C(C)(C)C)ccn5)cc4-c4ccc(-c5ccccc5)cc4)c3)cc2)c1.[Ir+3]. The van der Waals surface area contributed by atoms with Crippen LogP contribution in [0.15, 0.2) is 201 Å². The van der Waals surface area contributed by atoms with Gasteiger partial charge in [0.15, 0.2) is 0 Å². The number of hydrogen-bond acceptors (Lipinski definition) is 3. The van der Waals surface area contributed by atoms with Crippen LogP contribution in [0.25, 0.3) is 78.3 Å². The Morgan fingerprint density at radius 3 is 1.32 bits per heavy atom. The van der Waals surface area contributed by atoms with Crippen LogP contribution in [0.5, 0.6) is 0 Å². The van der Waals surface area contributed by atoms with Gasteiger partial charge in [0.05, 0.1) is 0 Å². The van der Waals surface area contributed by atoms with Crippen molar-refractivity contribution in [2.45, 2.75) is 106 Å². The van der Waals surface area contributed by atoms with Crippen molar-refractivity contribution in [1.29, 1.82) is 0 Å². The van der Waals surface area contributed by atoms with Gasteiger partial charge in [-0.15, -0.1) is 94.5 Å². The molecule has 3 aromatic heterocycles. The monoisotopic (exact) mass is 1210 g/mol. The molecular formula is C75H72IrN3. The molecule has 0 amide bonds. The van der Waals surface area contributed by atoms with Crippen molar-refractivity contribution in [1.82, 2.24) is 15.0 Å². The molecule has 0 bridgehead atoms. The maximum atomic E-state index is 4.90. The average molecular weight is 1210 g/mol. The first kappa shape index (κ1) is 56.4. The zero-order chi connectivity index (χ0) is 54.4. The van der Waals surface area contributed by atoms with Crippen LogP contribution in [0.2, 0.25) is 0 Å². The van der Waals surface area contributed by atoms with Gasteiger partial charge in [0.1, 0.15) is 0 Å². The van der Waals surface area contributed by atoms with Gasteiger partial charge in [0, 0.05) is 18.6 Å². The van der Waals surface area contributed by atoms with Crippen LogP contribution in [-0.4, -0.2) is 15.0 Å². The number of hydrogen-bond donors (Lipinski definition) is 0. The van der Waals surface area contributed by atoms with Crippen molar-refractivity contribution in [2.24, 2.45) is 10.8 Å². The number of benzene rings is 7. The number of rotatable bonds is 15. The molecule has 0 unspecified atom stereocenters. The number of nitrogens with zero attached hydrogens (tertiary/aromatic N) is 3. The standard InChI is InChI=1S/C75H72N3.Ir/c1-73(2,3)50-56-37-40-76-70(46-56)61-27-23-52(24-28-61)19-21-54-43-55(22-20-53-25-29-62(30-26-53)71-47-57(38-41-77-71)51-74(4,5)6)45-64(44-54)66-17-13-14-18-67(66)68-36-35-63(72-49-65(39-42-78-72)75(7,8)9)48-69(68)60-33-31-59(32-34-60)58-15-11-10-12-16-58;/h10-18,23-27,29,31-34,36-49H,19-22,50-51H2,1-9H3;/q-3;+3. The summed E-state index contributed by atoms with van der Waals surface area (Å²) in [5.41, 5.74) is 24.6. The van der Waals surface area contributed by atoms with Gasteiger partial charge in [-0.2, -0.15) is 0 Å². The van der Waals surface area contributed by atoms with E-state index in [4.69, 9.17) is 15.0 Å². The van der Waals surface area contributed by atoms with Crippen LogP contribution in [-0.2, 0) is 64.0 Å². The number of pyridine rings is 3. The summed E-state index contributed by atoms with van der Waals surface area (Å²) in [5, 5.41) is 0. The molecule has 3 nitrogen and oxygen atoms in total. The Morgan fingerprint density at radius 2 is 0.797 bits per heavy atom. The summed E-state index contributed by atoms with van der Waals surface area (Å²) < 4.78 is 0. The molecule has 0 fully saturated rings. The number of aryl methyl sites for hydroxylation is 4. The van der Waals surface area contributed by atoms with E-state index in [2.05, 4.69) is 263 Å². The van der Waals surface area contributed by atoms with E-state index in [0.717, 1.165) is 94.6 Å². The maximum absolute atomic E-state index is 4.90. The van der Waals surface area contributed by atoms with Gasteiger partial charge in [-0.1, -0.05) is 218 Å². The summed E-state index contributed by atoms with van der Waals surface area (Å²) in [4.78, 5) is 14.4. The van der Waals surface area contributed by atoms with Crippen molar-refractivity contribution in [2.75, 3.05) is 0 Å². The normalized spacial score (nSPS) is 11.8. The third kappa shape index (κ3) is 14.7. The summed E-state index contributed by atoms with van der Waals surface area (Å²) >= 11 is 0. The second-order valence-corrected chi connectivity index (χ2v) is 24.7. The van der Waals surface area contributed by atoms with E-state index in [9.17, 15) is 0 Å². The Morgan fingerprint density at radius 1 is 0.329 bits per heavy atom. The van der Waals surface area contributed by atoms with Gasteiger partial charge in [-0.25, -0.2) is 0 Å². The second-order valence-electron chi connectivity index (χ2n) is 24.7. The Kier molecular flexibility index (Phi) is 17.4. The summed E-state index contributed by atoms with van der Waals surface area (Å²) in [6.07, 6.45) is 11.4. The zero-order valence-electron chi connectivity index (χ0n) is 47.5. The molecule has 0 aliphatic rings. The minimum atomic E-state index is -0.0143. The fraction of sp³-hybridized carbons (Fsp3) is 0.240. The van der Waals surface area contributed by atoms with E-state index in [1.165, 1.54) is 61.2 Å². The molecule has 10 rings (SSSR count). The molecule has 0 radical (unpaired) electrons. The van der Waals surface area contributed by atoms with E-state index in [-0.39, 0.29) is 36.4 Å². The van der Waals surface area contributed by atoms with E-state index >= 15 is 0 Å². The van der Waals surface area contributed by atoms with Crippen molar-refractivity contribution in [3.05, 3.63) is 258 Å². The van der Waals surface area contributed by atoms with E-state index in [0.29, 0.717) is 0 Å². The Balaban J connectivity index is 0.00000757. The Bertz CT molecular complexity index is 3520. The van der Waals surface area contributed by atoms with Crippen molar-refractivity contribution < 1.29 is 20.1 Å². The number of aromatic nitrogens is 3. The molecule has 10 aromatic rings. The quantitative estimate of drug-likeness (QED) is 0.0960.